The molecule has 1 heterocycles. The van der Waals surface area contributed by atoms with E-state index in [9.17, 15) is 29.6 Å². The minimum atomic E-state index is -2.02. The van der Waals surface area contributed by atoms with Gasteiger partial charge in [-0.15, -0.1) is 0 Å². The van der Waals surface area contributed by atoms with Gasteiger partial charge in [-0.25, -0.2) is 9.59 Å². The summed E-state index contributed by atoms with van der Waals surface area (Å²) in [5.41, 5.74) is -1.21. The van der Waals surface area contributed by atoms with Crippen molar-refractivity contribution in [1.82, 2.24) is 0 Å². The molecular formula is C27H31NO12. The second-order valence-electron chi connectivity index (χ2n) is 11.0. The first-order valence-electron chi connectivity index (χ1n) is 12.1. The van der Waals surface area contributed by atoms with E-state index in [1.807, 2.05) is 41.5 Å². The first-order chi connectivity index (χ1) is 18.5. The van der Waals surface area contributed by atoms with Crippen molar-refractivity contribution in [3.8, 4) is 23.0 Å². The van der Waals surface area contributed by atoms with Gasteiger partial charge in [-0.2, -0.15) is 0 Å². The summed E-state index contributed by atoms with van der Waals surface area (Å²) in [5, 5.41) is 22.5. The fourth-order valence-electron chi connectivity index (χ4n) is 3.85. The molecule has 0 spiro atoms. The van der Waals surface area contributed by atoms with E-state index in [2.05, 4.69) is 4.74 Å². The predicted octanol–water partition coefficient (Wildman–Crippen LogP) is 4.94. The van der Waals surface area contributed by atoms with E-state index in [4.69, 9.17) is 23.7 Å². The van der Waals surface area contributed by atoms with Crippen molar-refractivity contribution < 1.29 is 52.8 Å². The average Bonchev–Trinajstić information content (AvgIpc) is 3.28. The normalized spacial score (nSPS) is 13.3. The van der Waals surface area contributed by atoms with Crippen molar-refractivity contribution >= 4 is 23.8 Å². The Bertz CT molecular complexity index is 1340. The monoisotopic (exact) mass is 561 g/mol. The van der Waals surface area contributed by atoms with Crippen LogP contribution in [0.4, 0.5) is 10.5 Å². The highest BCUT2D eigenvalue weighted by Crippen LogP contribution is 2.43. The molecule has 1 aliphatic rings. The van der Waals surface area contributed by atoms with E-state index in [0.29, 0.717) is 11.1 Å². The first-order valence-corrected chi connectivity index (χ1v) is 12.1. The Morgan fingerprint density at radius 1 is 0.975 bits per heavy atom. The van der Waals surface area contributed by atoms with E-state index in [-0.39, 0.29) is 29.8 Å². The van der Waals surface area contributed by atoms with E-state index < -0.39 is 58.0 Å². The maximum atomic E-state index is 13.1. The van der Waals surface area contributed by atoms with E-state index >= 15 is 0 Å². The van der Waals surface area contributed by atoms with Crippen LogP contribution in [0, 0.1) is 10.1 Å². The van der Waals surface area contributed by atoms with Gasteiger partial charge in [0.25, 0.3) is 5.69 Å². The Morgan fingerprint density at radius 3 is 2.12 bits per heavy atom. The SMILES string of the molecule is CC(=O)OCOC(=O)C(OC(=O)Oc1cc(C(C)(C)C)c(O)cc1C(C)(C)C)c1cc2c(cc1[N+](=O)[O-])OCO2. The second kappa shape index (κ2) is 11.3. The number of hydrogen-bond donors (Lipinski definition) is 1. The molecule has 1 aliphatic heterocycles. The Morgan fingerprint density at radius 2 is 1.57 bits per heavy atom. The summed E-state index contributed by atoms with van der Waals surface area (Å²) in [6, 6.07) is 5.11. The number of hydrogen-bond acceptors (Lipinski definition) is 12. The number of nitro groups is 1. The molecule has 0 bridgehead atoms. The third-order valence-corrected chi connectivity index (χ3v) is 5.80. The number of carbonyl (C=O) groups is 3. The van der Waals surface area contributed by atoms with Crippen LogP contribution in [-0.4, -0.2) is 41.7 Å². The van der Waals surface area contributed by atoms with Crippen molar-refractivity contribution in [2.24, 2.45) is 0 Å². The summed E-state index contributed by atoms with van der Waals surface area (Å²) < 4.78 is 30.7. The number of phenols is 1. The van der Waals surface area contributed by atoms with E-state index in [0.717, 1.165) is 19.1 Å². The van der Waals surface area contributed by atoms with Crippen LogP contribution in [0.15, 0.2) is 24.3 Å². The third-order valence-electron chi connectivity index (χ3n) is 5.80. The van der Waals surface area contributed by atoms with Gasteiger partial charge in [0, 0.05) is 18.1 Å². The largest absolute Gasteiger partial charge is 0.515 e. The van der Waals surface area contributed by atoms with Crippen molar-refractivity contribution in [3.05, 3.63) is 51.1 Å². The molecule has 1 unspecified atom stereocenters. The summed E-state index contributed by atoms with van der Waals surface area (Å²) in [4.78, 5) is 48.2. The van der Waals surface area contributed by atoms with Gasteiger partial charge in [0.2, 0.25) is 19.7 Å². The zero-order chi connectivity index (χ0) is 30.0. The molecule has 0 fully saturated rings. The Balaban J connectivity index is 2.02. The zero-order valence-electron chi connectivity index (χ0n) is 23.2. The standard InChI is InChI=1S/C27H31NO12/c1-14(29)35-12-38-24(31)23(15-8-21-22(37-13-36-21)11-18(15)28(33)34)40-25(32)39-20-10-16(26(2,3)4)19(30)9-17(20)27(5,6)7/h8-11,23,30H,12-13H2,1-7H3. The van der Waals surface area contributed by atoms with Gasteiger partial charge in [0.05, 0.1) is 16.6 Å². The van der Waals surface area contributed by atoms with Crippen molar-refractivity contribution in [2.45, 2.75) is 65.4 Å². The van der Waals surface area contributed by atoms with Gasteiger partial charge in [-0.05, 0) is 29.0 Å². The van der Waals surface area contributed by atoms with Gasteiger partial charge >= 0.3 is 18.1 Å². The smallest absolute Gasteiger partial charge is 0.508 e. The summed E-state index contributed by atoms with van der Waals surface area (Å²) in [7, 11) is 0. The van der Waals surface area contributed by atoms with Gasteiger partial charge in [0.15, 0.2) is 11.5 Å². The fraction of sp³-hybridized carbons (Fsp3) is 0.444. The summed E-state index contributed by atoms with van der Waals surface area (Å²) in [6.07, 6.45) is -3.41. The molecule has 13 heteroatoms. The molecule has 13 nitrogen and oxygen atoms in total. The van der Waals surface area contributed by atoms with Crippen LogP contribution < -0.4 is 14.2 Å². The summed E-state index contributed by atoms with van der Waals surface area (Å²) in [6.45, 7) is 11.1. The number of rotatable bonds is 7. The topological polar surface area (TPSA) is 170 Å². The van der Waals surface area contributed by atoms with Gasteiger partial charge in [0.1, 0.15) is 11.5 Å². The average molecular weight is 562 g/mol. The number of benzene rings is 2. The molecule has 0 aliphatic carbocycles. The maximum Gasteiger partial charge on any atom is 0.515 e. The Kier molecular flexibility index (Phi) is 8.46. The van der Waals surface area contributed by atoms with Crippen LogP contribution in [0.1, 0.15) is 71.3 Å². The van der Waals surface area contributed by atoms with Crippen molar-refractivity contribution in [1.29, 1.82) is 0 Å². The molecule has 0 aromatic heterocycles. The molecule has 0 radical (unpaired) electrons. The molecule has 2 aromatic carbocycles. The molecule has 3 rings (SSSR count). The Hall–Kier alpha value is -4.55. The minimum absolute atomic E-state index is 0.000975. The van der Waals surface area contributed by atoms with E-state index in [1.165, 1.54) is 12.1 Å². The summed E-state index contributed by atoms with van der Waals surface area (Å²) >= 11 is 0. The number of esters is 2. The number of fused-ring (bicyclic) bond motifs is 1. The molecule has 216 valence electrons. The minimum Gasteiger partial charge on any atom is -0.508 e. The van der Waals surface area contributed by atoms with Crippen LogP contribution >= 0.6 is 0 Å². The quantitative estimate of drug-likeness (QED) is 0.159. The molecule has 0 saturated carbocycles. The molecule has 40 heavy (non-hydrogen) atoms. The fourth-order valence-corrected chi connectivity index (χ4v) is 3.85. The lowest BCUT2D eigenvalue weighted by Gasteiger charge is -2.27. The van der Waals surface area contributed by atoms with Gasteiger partial charge < -0.3 is 33.5 Å². The lowest BCUT2D eigenvalue weighted by Crippen LogP contribution is -2.26. The van der Waals surface area contributed by atoms with Gasteiger partial charge in [-0.1, -0.05) is 41.5 Å². The van der Waals surface area contributed by atoms with Crippen LogP contribution in [0.2, 0.25) is 0 Å². The molecule has 0 saturated heterocycles. The lowest BCUT2D eigenvalue weighted by atomic mass is 9.81. The Labute approximate surface area is 230 Å². The second-order valence-corrected chi connectivity index (χ2v) is 11.0. The number of nitro benzene ring substituents is 1. The number of carbonyl (C=O) groups excluding carboxylic acids is 3. The number of nitrogens with zero attached hydrogens (tertiary/aromatic N) is 1. The van der Waals surface area contributed by atoms with Gasteiger partial charge in [-0.3, -0.25) is 14.9 Å². The lowest BCUT2D eigenvalue weighted by molar-refractivity contribution is -0.386. The van der Waals surface area contributed by atoms with Crippen LogP contribution in [0.5, 0.6) is 23.0 Å². The number of phenolic OH excluding ortho intramolecular Hbond substituents is 1. The third kappa shape index (κ3) is 6.90. The summed E-state index contributed by atoms with van der Waals surface area (Å²) in [5.74, 6) is -1.86. The number of aromatic hydroxyl groups is 1. The van der Waals surface area contributed by atoms with Crippen LogP contribution in [0.3, 0.4) is 0 Å². The maximum absolute atomic E-state index is 13.1. The van der Waals surface area contributed by atoms with Crippen molar-refractivity contribution in [2.75, 3.05) is 13.6 Å². The highest BCUT2D eigenvalue weighted by molar-refractivity contribution is 5.82. The highest BCUT2D eigenvalue weighted by atomic mass is 16.7. The predicted molar refractivity (Wildman–Crippen MR) is 137 cm³/mol. The number of ether oxygens (including phenoxy) is 6. The molecule has 1 atom stereocenters. The molecule has 2 aromatic rings. The van der Waals surface area contributed by atoms with E-state index in [1.54, 1.807) is 0 Å². The van der Waals surface area contributed by atoms with Crippen LogP contribution in [0.25, 0.3) is 0 Å². The van der Waals surface area contributed by atoms with Crippen molar-refractivity contribution in [3.63, 3.8) is 0 Å². The molecule has 0 amide bonds. The molecular weight excluding hydrogens is 530 g/mol. The highest BCUT2D eigenvalue weighted by Gasteiger charge is 2.37. The zero-order valence-corrected chi connectivity index (χ0v) is 23.2. The first kappa shape index (κ1) is 30.0. The molecule has 1 N–H and O–H groups in total. The van der Waals surface area contributed by atoms with Crippen LogP contribution in [-0.2, 0) is 34.6 Å².